The summed E-state index contributed by atoms with van der Waals surface area (Å²) in [5.74, 6) is -2.45. The molecule has 0 spiro atoms. The lowest BCUT2D eigenvalue weighted by Crippen LogP contribution is -1.97. The van der Waals surface area contributed by atoms with Gasteiger partial charge >= 0.3 is 0 Å². The lowest BCUT2D eigenvalue weighted by atomic mass is 10.2. The molecule has 0 radical (unpaired) electrons. The Morgan fingerprint density at radius 3 is 2.48 bits per heavy atom. The Bertz CT molecular complexity index is 901. The highest BCUT2D eigenvalue weighted by Crippen LogP contribution is 2.27. The fourth-order valence-electron chi connectivity index (χ4n) is 2.15. The summed E-state index contributed by atoms with van der Waals surface area (Å²) in [6, 6.07) is 6.09. The van der Waals surface area contributed by atoms with E-state index in [-0.39, 0.29) is 10.5 Å². The third-order valence-corrected chi connectivity index (χ3v) is 3.40. The zero-order valence-electron chi connectivity index (χ0n) is 10.8. The number of benzene rings is 2. The van der Waals surface area contributed by atoms with Crippen LogP contribution in [0.15, 0.2) is 30.3 Å². The van der Waals surface area contributed by atoms with Gasteiger partial charge < -0.3 is 9.72 Å². The molecule has 7 heteroatoms. The second-order valence-electron chi connectivity index (χ2n) is 4.37. The first-order chi connectivity index (χ1) is 10.0. The molecule has 0 aliphatic heterocycles. The molecule has 0 saturated heterocycles. The van der Waals surface area contributed by atoms with Gasteiger partial charge in [-0.3, -0.25) is 4.57 Å². The topological polar surface area (TPSA) is 29.9 Å². The van der Waals surface area contributed by atoms with E-state index in [0.29, 0.717) is 16.7 Å². The second-order valence-corrected chi connectivity index (χ2v) is 4.75. The summed E-state index contributed by atoms with van der Waals surface area (Å²) < 4.78 is 46.8. The number of aromatic nitrogens is 2. The predicted molar refractivity (Wildman–Crippen MR) is 74.9 cm³/mol. The Morgan fingerprint density at radius 1 is 1.05 bits per heavy atom. The van der Waals surface area contributed by atoms with Crippen molar-refractivity contribution < 1.29 is 17.9 Å². The fraction of sp³-hybridized carbons (Fsp3) is 0.0714. The molecule has 3 nitrogen and oxygen atoms in total. The van der Waals surface area contributed by atoms with Crippen molar-refractivity contribution in [1.29, 1.82) is 0 Å². The van der Waals surface area contributed by atoms with E-state index in [4.69, 9.17) is 17.0 Å². The van der Waals surface area contributed by atoms with Crippen molar-refractivity contribution in [3.05, 3.63) is 52.6 Å². The van der Waals surface area contributed by atoms with E-state index in [1.165, 1.54) is 29.9 Å². The summed E-state index contributed by atoms with van der Waals surface area (Å²) >= 11 is 5.16. The molecule has 0 fully saturated rings. The maximum Gasteiger partial charge on any atom is 0.182 e. The van der Waals surface area contributed by atoms with E-state index in [1.807, 2.05) is 0 Å². The Hall–Kier alpha value is -2.28. The summed E-state index contributed by atoms with van der Waals surface area (Å²) in [4.78, 5) is 2.82. The van der Waals surface area contributed by atoms with Gasteiger partial charge in [-0.25, -0.2) is 13.2 Å². The number of methoxy groups -OCH3 is 1. The first-order valence-electron chi connectivity index (χ1n) is 5.95. The van der Waals surface area contributed by atoms with Crippen LogP contribution in [-0.4, -0.2) is 16.7 Å². The Labute approximate surface area is 122 Å². The van der Waals surface area contributed by atoms with Crippen molar-refractivity contribution in [2.24, 2.45) is 0 Å². The van der Waals surface area contributed by atoms with Crippen LogP contribution in [0, 0.1) is 22.2 Å². The van der Waals surface area contributed by atoms with Crippen LogP contribution >= 0.6 is 12.2 Å². The van der Waals surface area contributed by atoms with Gasteiger partial charge in [0.05, 0.1) is 23.8 Å². The standard InChI is InChI=1S/C14H9F3N2OS/c1-20-13-6-12-11(5-10(13)17)18-14(21)19(12)7-2-3-8(15)9(16)4-7/h2-6H,1H3,(H,18,21). The zero-order valence-corrected chi connectivity index (χ0v) is 11.6. The highest BCUT2D eigenvalue weighted by atomic mass is 32.1. The molecule has 0 aliphatic rings. The number of halogens is 3. The number of ether oxygens (including phenoxy) is 1. The summed E-state index contributed by atoms with van der Waals surface area (Å²) in [5, 5.41) is 0. The van der Waals surface area contributed by atoms with Gasteiger partial charge in [-0.1, -0.05) is 0 Å². The minimum absolute atomic E-state index is 0.0350. The van der Waals surface area contributed by atoms with E-state index in [9.17, 15) is 13.2 Å². The Kier molecular flexibility index (Phi) is 3.21. The molecule has 0 aliphatic carbocycles. The van der Waals surface area contributed by atoms with Gasteiger partial charge in [0.15, 0.2) is 28.0 Å². The predicted octanol–water partition coefficient (Wildman–Crippen LogP) is 4.11. The maximum absolute atomic E-state index is 13.7. The highest BCUT2D eigenvalue weighted by molar-refractivity contribution is 7.71. The number of hydrogen-bond donors (Lipinski definition) is 1. The van der Waals surface area contributed by atoms with E-state index in [0.717, 1.165) is 12.1 Å². The minimum Gasteiger partial charge on any atom is -0.494 e. The molecule has 21 heavy (non-hydrogen) atoms. The van der Waals surface area contributed by atoms with Crippen LogP contribution in [0.1, 0.15) is 0 Å². The average Bonchev–Trinajstić information content (AvgIpc) is 2.76. The van der Waals surface area contributed by atoms with Gasteiger partial charge in [-0.2, -0.15) is 0 Å². The van der Waals surface area contributed by atoms with Crippen LogP contribution in [-0.2, 0) is 0 Å². The minimum atomic E-state index is -0.988. The molecule has 0 unspecified atom stereocenters. The summed E-state index contributed by atoms with van der Waals surface area (Å²) in [6.07, 6.45) is 0. The van der Waals surface area contributed by atoms with Gasteiger partial charge in [0.25, 0.3) is 0 Å². The van der Waals surface area contributed by atoms with Crippen molar-refractivity contribution in [2.45, 2.75) is 0 Å². The maximum atomic E-state index is 13.7. The first kappa shape index (κ1) is 13.7. The third-order valence-electron chi connectivity index (χ3n) is 3.12. The molecule has 0 bridgehead atoms. The van der Waals surface area contributed by atoms with Crippen molar-refractivity contribution in [1.82, 2.24) is 9.55 Å². The molecule has 1 N–H and O–H groups in total. The molecule has 0 saturated carbocycles. The molecule has 3 aromatic rings. The number of rotatable bonds is 2. The quantitative estimate of drug-likeness (QED) is 0.722. The normalized spacial score (nSPS) is 11.0. The molecular formula is C14H9F3N2OS. The van der Waals surface area contributed by atoms with Crippen LogP contribution in [0.5, 0.6) is 5.75 Å². The Morgan fingerprint density at radius 2 is 1.81 bits per heavy atom. The SMILES string of the molecule is COc1cc2c(cc1F)[nH]c(=S)n2-c1ccc(F)c(F)c1. The third kappa shape index (κ3) is 2.19. The van der Waals surface area contributed by atoms with Gasteiger partial charge in [0.2, 0.25) is 0 Å². The fourth-order valence-corrected chi connectivity index (χ4v) is 2.46. The van der Waals surface area contributed by atoms with Crippen LogP contribution in [0.3, 0.4) is 0 Å². The van der Waals surface area contributed by atoms with Crippen LogP contribution < -0.4 is 4.74 Å². The largest absolute Gasteiger partial charge is 0.494 e. The molecule has 1 aromatic heterocycles. The van der Waals surface area contributed by atoms with Gasteiger partial charge in [0, 0.05) is 18.2 Å². The monoisotopic (exact) mass is 310 g/mol. The number of hydrogen-bond acceptors (Lipinski definition) is 2. The smallest absolute Gasteiger partial charge is 0.182 e. The van der Waals surface area contributed by atoms with Crippen molar-refractivity contribution in [2.75, 3.05) is 7.11 Å². The van der Waals surface area contributed by atoms with Crippen molar-refractivity contribution in [3.8, 4) is 11.4 Å². The van der Waals surface area contributed by atoms with E-state index < -0.39 is 17.5 Å². The Balaban J connectivity index is 2.33. The van der Waals surface area contributed by atoms with Crippen LogP contribution in [0.4, 0.5) is 13.2 Å². The zero-order chi connectivity index (χ0) is 15.1. The summed E-state index contributed by atoms with van der Waals surface area (Å²) in [7, 11) is 1.34. The van der Waals surface area contributed by atoms with Crippen LogP contribution in [0.25, 0.3) is 16.7 Å². The number of imidazole rings is 1. The molecule has 1 heterocycles. The van der Waals surface area contributed by atoms with Gasteiger partial charge in [0.1, 0.15) is 0 Å². The highest BCUT2D eigenvalue weighted by Gasteiger charge is 2.13. The lowest BCUT2D eigenvalue weighted by molar-refractivity contribution is 0.387. The van der Waals surface area contributed by atoms with E-state index in [2.05, 4.69) is 4.98 Å². The number of fused-ring (bicyclic) bond motifs is 1. The van der Waals surface area contributed by atoms with E-state index in [1.54, 1.807) is 0 Å². The molecule has 3 rings (SSSR count). The molecule has 2 aromatic carbocycles. The van der Waals surface area contributed by atoms with Crippen molar-refractivity contribution >= 4 is 23.3 Å². The summed E-state index contributed by atoms with van der Waals surface area (Å²) in [5.41, 5.74) is 1.27. The number of aromatic amines is 1. The number of nitrogens with one attached hydrogen (secondary N) is 1. The van der Waals surface area contributed by atoms with Gasteiger partial charge in [-0.05, 0) is 24.4 Å². The van der Waals surface area contributed by atoms with Crippen LogP contribution in [0.2, 0.25) is 0 Å². The molecule has 108 valence electrons. The molecular weight excluding hydrogens is 301 g/mol. The van der Waals surface area contributed by atoms with Crippen molar-refractivity contribution in [3.63, 3.8) is 0 Å². The number of H-pyrrole nitrogens is 1. The second kappa shape index (κ2) is 4.92. The van der Waals surface area contributed by atoms with E-state index >= 15 is 0 Å². The molecule has 0 atom stereocenters. The average molecular weight is 310 g/mol. The lowest BCUT2D eigenvalue weighted by Gasteiger charge is -2.07. The molecule has 0 amide bonds. The summed E-state index contributed by atoms with van der Waals surface area (Å²) in [6.45, 7) is 0. The number of nitrogens with zero attached hydrogens (tertiary/aromatic N) is 1. The first-order valence-corrected chi connectivity index (χ1v) is 6.36. The van der Waals surface area contributed by atoms with Gasteiger partial charge in [-0.15, -0.1) is 0 Å².